The first-order valence-electron chi connectivity index (χ1n) is 16.3. The summed E-state index contributed by atoms with van der Waals surface area (Å²) in [5.41, 5.74) is 4.47. The number of hydrogen-bond donors (Lipinski definition) is 0. The molecule has 1 heterocycles. The molecule has 5 heteroatoms. The molecule has 5 aromatic rings. The van der Waals surface area contributed by atoms with Gasteiger partial charge in [-0.15, -0.1) is 0 Å². The molecule has 0 N–H and O–H groups in total. The Morgan fingerprint density at radius 2 is 1.00 bits per heavy atom. The number of rotatable bonds is 6. The van der Waals surface area contributed by atoms with Crippen molar-refractivity contribution in [3.63, 3.8) is 0 Å². The first-order chi connectivity index (χ1) is 23.2. The maximum atomic E-state index is 16.0. The fourth-order valence-corrected chi connectivity index (χ4v) is 8.68. The molecule has 2 aliphatic carbocycles. The predicted molar refractivity (Wildman–Crippen MR) is 186 cm³/mol. The molecular weight excluding hydrogens is 594 g/mol. The van der Waals surface area contributed by atoms with Gasteiger partial charge in [0.15, 0.2) is 11.6 Å². The van der Waals surface area contributed by atoms with Gasteiger partial charge in [-0.2, -0.15) is 0 Å². The van der Waals surface area contributed by atoms with Crippen LogP contribution in [0, 0.1) is 25.7 Å². The van der Waals surface area contributed by atoms with Crippen LogP contribution in [0.4, 0.5) is 5.69 Å². The lowest BCUT2D eigenvalue weighted by Gasteiger charge is -2.39. The molecular formula is C43H33NO4. The smallest absolute Gasteiger partial charge is 0.239 e. The van der Waals surface area contributed by atoms with Crippen LogP contribution in [0.15, 0.2) is 133 Å². The number of carbonyl (C=O) groups excluding carboxylic acids is 4. The van der Waals surface area contributed by atoms with Gasteiger partial charge in [0, 0.05) is 5.56 Å². The molecule has 1 saturated carbocycles. The summed E-state index contributed by atoms with van der Waals surface area (Å²) in [7, 11) is 0. The fourth-order valence-electron chi connectivity index (χ4n) is 8.68. The van der Waals surface area contributed by atoms with Crippen LogP contribution in [0.5, 0.6) is 0 Å². The summed E-state index contributed by atoms with van der Waals surface area (Å²) < 4.78 is 0. The van der Waals surface area contributed by atoms with Gasteiger partial charge in [-0.05, 0) is 66.3 Å². The molecule has 0 spiro atoms. The van der Waals surface area contributed by atoms with E-state index >= 15 is 14.4 Å². The number of fused-ring (bicyclic) bond motifs is 5. The summed E-state index contributed by atoms with van der Waals surface area (Å²) in [6, 6.07) is 41.9. The summed E-state index contributed by atoms with van der Waals surface area (Å²) in [5, 5.41) is 0. The Morgan fingerprint density at radius 1 is 0.562 bits per heavy atom. The minimum absolute atomic E-state index is 0.160. The molecule has 4 atom stereocenters. The van der Waals surface area contributed by atoms with Crippen LogP contribution >= 0.6 is 0 Å². The lowest BCUT2D eigenvalue weighted by atomic mass is 9.59. The van der Waals surface area contributed by atoms with E-state index in [-0.39, 0.29) is 11.6 Å². The third-order valence-corrected chi connectivity index (χ3v) is 10.6. The quantitative estimate of drug-likeness (QED) is 0.143. The highest BCUT2D eigenvalue weighted by atomic mass is 16.2. The van der Waals surface area contributed by atoms with Crippen molar-refractivity contribution in [3.05, 3.63) is 172 Å². The van der Waals surface area contributed by atoms with Gasteiger partial charge in [0.05, 0.1) is 28.4 Å². The highest BCUT2D eigenvalue weighted by Crippen LogP contribution is 2.74. The second-order valence-electron chi connectivity index (χ2n) is 13.2. The molecule has 48 heavy (non-hydrogen) atoms. The number of allylic oxidation sites excluding steroid dienone is 2. The van der Waals surface area contributed by atoms with Gasteiger partial charge in [0.25, 0.3) is 0 Å². The molecule has 8 rings (SSSR count). The number of carbonyl (C=O) groups is 4. The predicted octanol–water partition coefficient (Wildman–Crippen LogP) is 7.69. The van der Waals surface area contributed by atoms with E-state index in [1.807, 2.05) is 123 Å². The van der Waals surface area contributed by atoms with Crippen LogP contribution in [0.1, 0.15) is 50.7 Å². The summed E-state index contributed by atoms with van der Waals surface area (Å²) >= 11 is 0. The average Bonchev–Trinajstić information content (AvgIpc) is 3.62. The van der Waals surface area contributed by atoms with E-state index in [4.69, 9.17) is 0 Å². The summed E-state index contributed by atoms with van der Waals surface area (Å²) in [6.07, 6.45) is 0. The Morgan fingerprint density at radius 3 is 1.42 bits per heavy atom. The van der Waals surface area contributed by atoms with Gasteiger partial charge in [-0.25, -0.2) is 4.90 Å². The SMILES string of the molecule is CC(=O)c1cccc(N2C(=O)[C@@H]3[C@@H](C2=O)[C@@]2(c4ccccc4)C(=O)[C@@]3(c3ccccc3)C(c3ccc(C)cc3)=C2c2ccc(C)cc2)c1. The number of nitrogens with zero attached hydrogens (tertiary/aromatic N) is 1. The third-order valence-electron chi connectivity index (χ3n) is 10.6. The monoisotopic (exact) mass is 627 g/mol. The number of benzene rings is 5. The minimum atomic E-state index is -1.48. The largest absolute Gasteiger partial charge is 0.297 e. The van der Waals surface area contributed by atoms with E-state index in [0.29, 0.717) is 22.4 Å². The summed E-state index contributed by atoms with van der Waals surface area (Å²) in [6.45, 7) is 5.50. The number of imide groups is 1. The van der Waals surface area contributed by atoms with Crippen molar-refractivity contribution in [2.75, 3.05) is 4.90 Å². The van der Waals surface area contributed by atoms with E-state index < -0.39 is 34.5 Å². The summed E-state index contributed by atoms with van der Waals surface area (Å²) in [4.78, 5) is 59.9. The molecule has 1 aliphatic heterocycles. The summed E-state index contributed by atoms with van der Waals surface area (Å²) in [5.74, 6) is -3.25. The van der Waals surface area contributed by atoms with Gasteiger partial charge in [-0.1, -0.05) is 132 Å². The zero-order chi connectivity index (χ0) is 33.4. The van der Waals surface area contributed by atoms with Crippen molar-refractivity contribution in [1.29, 1.82) is 0 Å². The van der Waals surface area contributed by atoms with Crippen molar-refractivity contribution in [2.45, 2.75) is 31.6 Å². The first-order valence-corrected chi connectivity index (χ1v) is 16.3. The Kier molecular flexibility index (Phi) is 6.61. The van der Waals surface area contributed by atoms with Crippen LogP contribution in [0.25, 0.3) is 11.1 Å². The van der Waals surface area contributed by atoms with Crippen molar-refractivity contribution < 1.29 is 19.2 Å². The zero-order valence-electron chi connectivity index (χ0n) is 26.9. The van der Waals surface area contributed by atoms with Crippen LogP contribution < -0.4 is 4.90 Å². The second kappa shape index (κ2) is 10.7. The van der Waals surface area contributed by atoms with E-state index in [0.717, 1.165) is 33.4 Å². The third kappa shape index (κ3) is 3.79. The molecule has 2 fully saturated rings. The first kappa shape index (κ1) is 29.7. The molecule has 0 unspecified atom stereocenters. The molecule has 3 aliphatic rings. The van der Waals surface area contributed by atoms with Crippen molar-refractivity contribution in [2.24, 2.45) is 11.8 Å². The van der Waals surface area contributed by atoms with Crippen LogP contribution in [0.3, 0.4) is 0 Å². The zero-order valence-corrected chi connectivity index (χ0v) is 26.9. The van der Waals surface area contributed by atoms with Crippen molar-refractivity contribution >= 4 is 40.2 Å². The number of anilines is 1. The molecule has 2 bridgehead atoms. The van der Waals surface area contributed by atoms with Gasteiger partial charge >= 0.3 is 0 Å². The molecule has 5 nitrogen and oxygen atoms in total. The molecule has 2 amide bonds. The number of amides is 2. The average molecular weight is 628 g/mol. The van der Waals surface area contributed by atoms with E-state index in [2.05, 4.69) is 0 Å². The fraction of sp³-hybridized carbons (Fsp3) is 0.163. The maximum Gasteiger partial charge on any atom is 0.239 e. The Balaban J connectivity index is 1.54. The van der Waals surface area contributed by atoms with E-state index in [1.54, 1.807) is 24.3 Å². The molecule has 0 aromatic heterocycles. The van der Waals surface area contributed by atoms with Gasteiger partial charge in [0.2, 0.25) is 11.8 Å². The molecule has 1 saturated heterocycles. The van der Waals surface area contributed by atoms with Crippen LogP contribution in [-0.2, 0) is 25.2 Å². The topological polar surface area (TPSA) is 71.5 Å². The second-order valence-corrected chi connectivity index (χ2v) is 13.2. The Labute approximate surface area is 279 Å². The van der Waals surface area contributed by atoms with Gasteiger partial charge in [-0.3, -0.25) is 19.2 Å². The maximum absolute atomic E-state index is 16.0. The van der Waals surface area contributed by atoms with Gasteiger partial charge in [0.1, 0.15) is 0 Å². The van der Waals surface area contributed by atoms with Crippen LogP contribution in [0.2, 0.25) is 0 Å². The molecule has 0 radical (unpaired) electrons. The van der Waals surface area contributed by atoms with E-state index in [1.165, 1.54) is 11.8 Å². The number of ketones is 2. The molecule has 5 aromatic carbocycles. The van der Waals surface area contributed by atoms with E-state index in [9.17, 15) is 4.79 Å². The number of hydrogen-bond acceptors (Lipinski definition) is 4. The molecule has 234 valence electrons. The standard InChI is InChI=1S/C43H33NO4/c1-26-17-21-29(22-18-26)35-36(30-23-19-27(2)20-24-30)43(33-14-8-5-9-15-33)38-37(42(35,41(43)48)32-12-6-4-7-13-32)39(46)44(40(38)47)34-16-10-11-31(25-34)28(3)45/h4-25,37-38H,1-3H3/t37-,38-,42-,43-/m0/s1. The lowest BCUT2D eigenvalue weighted by Crippen LogP contribution is -2.45. The number of aryl methyl sites for hydroxylation is 2. The highest BCUT2D eigenvalue weighted by molar-refractivity contribution is 6.39. The lowest BCUT2D eigenvalue weighted by molar-refractivity contribution is -0.130. The minimum Gasteiger partial charge on any atom is -0.297 e. The highest BCUT2D eigenvalue weighted by Gasteiger charge is 2.82. The Bertz CT molecular complexity index is 2060. The van der Waals surface area contributed by atoms with Gasteiger partial charge < -0.3 is 0 Å². The van der Waals surface area contributed by atoms with Crippen molar-refractivity contribution in [3.8, 4) is 0 Å². The van der Waals surface area contributed by atoms with Crippen LogP contribution in [-0.4, -0.2) is 23.4 Å². The Hall–Kier alpha value is -5.68. The van der Waals surface area contributed by atoms with Crippen molar-refractivity contribution in [1.82, 2.24) is 0 Å². The normalized spacial score (nSPS) is 24.4. The number of Topliss-reactive ketones (excluding diaryl/α,β-unsaturated/α-hetero) is 2.